The minimum atomic E-state index is -1.15. The number of amides is 2. The largest absolute Gasteiger partial charge is 0.481 e. The van der Waals surface area contributed by atoms with Gasteiger partial charge < -0.3 is 26.6 Å². The minimum absolute atomic E-state index is 0.00578. The number of rotatable bonds is 27. The molecule has 2 atom stereocenters. The van der Waals surface area contributed by atoms with Crippen LogP contribution in [0.25, 0.3) is 0 Å². The highest BCUT2D eigenvalue weighted by Crippen LogP contribution is 2.12. The molecule has 0 bridgehead atoms. The van der Waals surface area contributed by atoms with E-state index in [0.29, 0.717) is 32.2 Å². The van der Waals surface area contributed by atoms with E-state index in [1.807, 2.05) is 6.92 Å². The van der Waals surface area contributed by atoms with E-state index in [0.717, 1.165) is 77.0 Å². The van der Waals surface area contributed by atoms with E-state index in [9.17, 15) is 29.1 Å². The van der Waals surface area contributed by atoms with Gasteiger partial charge in [-0.15, -0.1) is 0 Å². The number of nitrogens with two attached hydrogens (primary N) is 1. The summed E-state index contributed by atoms with van der Waals surface area (Å²) in [4.78, 5) is 58.0. The number of ketones is 1. The molecule has 0 aliphatic heterocycles. The number of Topliss-reactive ketones (excluding diaryl/α,β-unsaturated/α-hetero) is 1. The lowest BCUT2D eigenvalue weighted by Gasteiger charge is -2.14. The van der Waals surface area contributed by atoms with E-state index < -0.39 is 24.0 Å². The Morgan fingerprint density at radius 2 is 1.21 bits per heavy atom. The summed E-state index contributed by atoms with van der Waals surface area (Å²) in [6, 6.07) is -1.54. The maximum Gasteiger partial charge on any atom is 0.326 e. The van der Waals surface area contributed by atoms with Gasteiger partial charge in [-0.1, -0.05) is 64.7 Å². The second-order valence-corrected chi connectivity index (χ2v) is 10.4. The summed E-state index contributed by atoms with van der Waals surface area (Å²) in [7, 11) is 0. The summed E-state index contributed by atoms with van der Waals surface area (Å²) < 4.78 is 0. The van der Waals surface area contributed by atoms with Gasteiger partial charge in [-0.2, -0.15) is 0 Å². The van der Waals surface area contributed by atoms with E-state index in [2.05, 4.69) is 10.6 Å². The average Bonchev–Trinajstić information content (AvgIpc) is 2.89. The molecule has 0 aromatic heterocycles. The molecule has 0 spiro atoms. The Hall–Kier alpha value is -2.49. The maximum atomic E-state index is 12.2. The molecule has 0 rings (SSSR count). The van der Waals surface area contributed by atoms with E-state index in [1.165, 1.54) is 0 Å². The van der Waals surface area contributed by atoms with Gasteiger partial charge in [0.1, 0.15) is 11.8 Å². The van der Waals surface area contributed by atoms with Crippen molar-refractivity contribution in [3.05, 3.63) is 0 Å². The second-order valence-electron chi connectivity index (χ2n) is 10.4. The highest BCUT2D eigenvalue weighted by molar-refractivity contribution is 5.84. The molecule has 0 aromatic carbocycles. The number of carbonyl (C=O) groups is 5. The van der Waals surface area contributed by atoms with Gasteiger partial charge in [0, 0.05) is 32.2 Å². The van der Waals surface area contributed by atoms with Gasteiger partial charge in [0.2, 0.25) is 11.8 Å². The molecule has 0 aliphatic carbocycles. The predicted octanol–water partition coefficient (Wildman–Crippen LogP) is 4.47. The molecule has 10 heteroatoms. The first-order valence-corrected chi connectivity index (χ1v) is 15.0. The molecule has 0 saturated heterocycles. The molecule has 0 unspecified atom stereocenters. The summed E-state index contributed by atoms with van der Waals surface area (Å²) >= 11 is 0. The molecule has 2 amide bonds. The van der Waals surface area contributed by atoms with E-state index in [-0.39, 0.29) is 43.3 Å². The fourth-order valence-electron chi connectivity index (χ4n) is 4.28. The highest BCUT2D eigenvalue weighted by Gasteiger charge is 2.20. The zero-order valence-corrected chi connectivity index (χ0v) is 24.0. The van der Waals surface area contributed by atoms with Crippen LogP contribution in [0.2, 0.25) is 0 Å². The number of aliphatic carboxylic acids is 2. The third-order valence-corrected chi connectivity index (χ3v) is 6.79. The van der Waals surface area contributed by atoms with Crippen molar-refractivity contribution in [1.29, 1.82) is 0 Å². The van der Waals surface area contributed by atoms with E-state index in [4.69, 9.17) is 10.8 Å². The number of carboxylic acids is 2. The van der Waals surface area contributed by atoms with E-state index >= 15 is 0 Å². The van der Waals surface area contributed by atoms with Gasteiger partial charge in [-0.3, -0.25) is 19.2 Å². The fourth-order valence-corrected chi connectivity index (χ4v) is 4.28. The molecule has 10 nitrogen and oxygen atoms in total. The van der Waals surface area contributed by atoms with Crippen LogP contribution >= 0.6 is 0 Å². The molecule has 0 saturated carbocycles. The monoisotopic (exact) mass is 555 g/mol. The normalized spacial score (nSPS) is 12.5. The second kappa shape index (κ2) is 24.5. The van der Waals surface area contributed by atoms with Crippen molar-refractivity contribution in [1.82, 2.24) is 10.6 Å². The minimum Gasteiger partial charge on any atom is -0.481 e. The molecule has 0 heterocycles. The van der Waals surface area contributed by atoms with Crippen LogP contribution in [0.3, 0.4) is 0 Å². The van der Waals surface area contributed by atoms with Gasteiger partial charge in [-0.05, 0) is 44.9 Å². The molecular formula is C29H53N3O7. The van der Waals surface area contributed by atoms with Gasteiger partial charge >= 0.3 is 11.9 Å². The van der Waals surface area contributed by atoms with Gasteiger partial charge in [-0.25, -0.2) is 4.79 Å². The van der Waals surface area contributed by atoms with Crippen LogP contribution in [0, 0.1) is 0 Å². The van der Waals surface area contributed by atoms with Gasteiger partial charge in [0.25, 0.3) is 0 Å². The van der Waals surface area contributed by atoms with Crippen molar-refractivity contribution >= 4 is 29.5 Å². The predicted molar refractivity (Wildman–Crippen MR) is 151 cm³/mol. The lowest BCUT2D eigenvalue weighted by molar-refractivity contribution is -0.142. The molecular weight excluding hydrogens is 502 g/mol. The molecule has 6 N–H and O–H groups in total. The summed E-state index contributed by atoms with van der Waals surface area (Å²) in [6.07, 6.45) is 14.7. The SMILES string of the molecule is CCCCC(=O)[C@@H](N)CCCCNC(=O)CC[C@H](NC(=O)CCCCCCCCCCCCC(=O)O)C(=O)O. The first-order chi connectivity index (χ1) is 18.7. The molecule has 0 radical (unpaired) electrons. The average molecular weight is 556 g/mol. The topological polar surface area (TPSA) is 176 Å². The number of unbranched alkanes of at least 4 members (excludes halogenated alkanes) is 11. The van der Waals surface area contributed by atoms with Crippen molar-refractivity contribution in [2.45, 2.75) is 147 Å². The van der Waals surface area contributed by atoms with Gasteiger partial charge in [0.15, 0.2) is 0 Å². The maximum absolute atomic E-state index is 12.2. The van der Waals surface area contributed by atoms with Crippen molar-refractivity contribution in [3.63, 3.8) is 0 Å². The summed E-state index contributed by atoms with van der Waals surface area (Å²) in [6.45, 7) is 2.46. The molecule has 0 aromatic rings. The molecule has 0 aliphatic rings. The number of carboxylic acid groups (broad SMARTS) is 2. The van der Waals surface area contributed by atoms with Crippen LogP contribution in [0.15, 0.2) is 0 Å². The summed E-state index contributed by atoms with van der Waals surface area (Å²) in [5.41, 5.74) is 5.90. The van der Waals surface area contributed by atoms with E-state index in [1.54, 1.807) is 0 Å². The Balaban J connectivity index is 3.85. The Kier molecular flexibility index (Phi) is 23.0. The lowest BCUT2D eigenvalue weighted by Crippen LogP contribution is -2.41. The third-order valence-electron chi connectivity index (χ3n) is 6.79. The van der Waals surface area contributed by atoms with Crippen LogP contribution in [0.1, 0.15) is 135 Å². The Bertz CT molecular complexity index is 715. The van der Waals surface area contributed by atoms with Crippen LogP contribution in [0.4, 0.5) is 0 Å². The number of carbonyl (C=O) groups excluding carboxylic acids is 3. The Morgan fingerprint density at radius 1 is 0.641 bits per heavy atom. The quantitative estimate of drug-likeness (QED) is 0.0922. The zero-order valence-electron chi connectivity index (χ0n) is 24.0. The van der Waals surface area contributed by atoms with Gasteiger partial charge in [0.05, 0.1) is 6.04 Å². The summed E-state index contributed by atoms with van der Waals surface area (Å²) in [5.74, 6) is -2.38. The van der Waals surface area contributed by atoms with Crippen molar-refractivity contribution < 1.29 is 34.2 Å². The fraction of sp³-hybridized carbons (Fsp3) is 0.828. The Labute approximate surface area is 234 Å². The number of nitrogens with one attached hydrogen (secondary N) is 2. The highest BCUT2D eigenvalue weighted by atomic mass is 16.4. The van der Waals surface area contributed by atoms with Crippen molar-refractivity contribution in [2.24, 2.45) is 5.73 Å². The summed E-state index contributed by atoms with van der Waals surface area (Å²) in [5, 5.41) is 23.3. The van der Waals surface area contributed by atoms with Crippen LogP contribution in [-0.4, -0.2) is 58.4 Å². The molecule has 39 heavy (non-hydrogen) atoms. The lowest BCUT2D eigenvalue weighted by atomic mass is 10.0. The Morgan fingerprint density at radius 3 is 1.74 bits per heavy atom. The zero-order chi connectivity index (χ0) is 29.3. The standard InChI is InChI=1S/C29H53N3O7/c1-2-3-17-25(33)23(30)16-14-15-22-31-26(34)21-20-24(29(38)39)32-27(35)18-12-10-8-6-4-5-7-9-11-13-19-28(36)37/h23-24H,2-22,30H2,1H3,(H,31,34)(H,32,35)(H,36,37)(H,38,39)/t23-,24-/m0/s1. The third kappa shape index (κ3) is 23.1. The molecule has 226 valence electrons. The smallest absolute Gasteiger partial charge is 0.326 e. The van der Waals surface area contributed by atoms with Crippen LogP contribution in [-0.2, 0) is 24.0 Å². The number of hydrogen-bond acceptors (Lipinski definition) is 6. The van der Waals surface area contributed by atoms with Crippen LogP contribution < -0.4 is 16.4 Å². The molecule has 0 fully saturated rings. The van der Waals surface area contributed by atoms with Crippen molar-refractivity contribution in [3.8, 4) is 0 Å². The first kappa shape index (κ1) is 36.5. The first-order valence-electron chi connectivity index (χ1n) is 15.0. The van der Waals surface area contributed by atoms with Crippen molar-refractivity contribution in [2.75, 3.05) is 6.54 Å². The number of hydrogen-bond donors (Lipinski definition) is 5. The van der Waals surface area contributed by atoms with Crippen LogP contribution in [0.5, 0.6) is 0 Å².